The first kappa shape index (κ1) is 23.1. The minimum absolute atomic E-state index is 0.0775. The summed E-state index contributed by atoms with van der Waals surface area (Å²) in [5, 5.41) is 8.26. The SMILES string of the molecule is CC(=O)CC(=O)Cc1cncc(-c2nc(NCc3ccccc3)c3c(-c4ccccc4)ccn3n2)c1. The van der Waals surface area contributed by atoms with Crippen molar-refractivity contribution in [2.75, 3.05) is 5.32 Å². The van der Waals surface area contributed by atoms with Crippen LogP contribution in [0.4, 0.5) is 5.82 Å². The van der Waals surface area contributed by atoms with Crippen LogP contribution in [0.1, 0.15) is 24.5 Å². The topological polar surface area (TPSA) is 89.2 Å². The molecule has 1 N–H and O–H groups in total. The van der Waals surface area contributed by atoms with Gasteiger partial charge < -0.3 is 5.32 Å². The second-order valence-corrected chi connectivity index (χ2v) is 8.69. The number of nitrogens with zero attached hydrogens (tertiary/aromatic N) is 4. The number of benzene rings is 2. The van der Waals surface area contributed by atoms with Gasteiger partial charge in [-0.2, -0.15) is 0 Å². The third kappa shape index (κ3) is 5.20. The molecule has 3 aromatic heterocycles. The second-order valence-electron chi connectivity index (χ2n) is 8.69. The normalized spacial score (nSPS) is 10.9. The van der Waals surface area contributed by atoms with Crippen molar-refractivity contribution in [2.24, 2.45) is 0 Å². The van der Waals surface area contributed by atoms with E-state index < -0.39 is 0 Å². The number of Topliss-reactive ketones (excluding diaryl/α,β-unsaturated/α-hetero) is 2. The molecule has 0 bridgehead atoms. The third-order valence-electron chi connectivity index (χ3n) is 5.80. The molecule has 5 rings (SSSR count). The number of carbonyl (C=O) groups is 2. The smallest absolute Gasteiger partial charge is 0.183 e. The zero-order valence-electron chi connectivity index (χ0n) is 19.9. The number of ketones is 2. The van der Waals surface area contributed by atoms with Gasteiger partial charge in [-0.3, -0.25) is 14.6 Å². The minimum Gasteiger partial charge on any atom is -0.364 e. The first-order valence-electron chi connectivity index (χ1n) is 11.7. The predicted octanol–water partition coefficient (Wildman–Crippen LogP) is 5.16. The van der Waals surface area contributed by atoms with E-state index in [4.69, 9.17) is 10.1 Å². The number of nitrogens with one attached hydrogen (secondary N) is 1. The van der Waals surface area contributed by atoms with E-state index in [2.05, 4.69) is 34.6 Å². The summed E-state index contributed by atoms with van der Waals surface area (Å²) in [6.45, 7) is 2.02. The van der Waals surface area contributed by atoms with Crippen LogP contribution in [0.25, 0.3) is 28.0 Å². The van der Waals surface area contributed by atoms with E-state index in [0.717, 1.165) is 27.8 Å². The molecule has 0 spiro atoms. The van der Waals surface area contributed by atoms with Crippen LogP contribution in [0.2, 0.25) is 0 Å². The molecule has 0 amide bonds. The van der Waals surface area contributed by atoms with Crippen LogP contribution in [-0.2, 0) is 22.6 Å². The summed E-state index contributed by atoms with van der Waals surface area (Å²) in [5.74, 6) is 0.905. The maximum Gasteiger partial charge on any atom is 0.183 e. The van der Waals surface area contributed by atoms with Crippen LogP contribution in [-0.4, -0.2) is 31.1 Å². The molecule has 178 valence electrons. The molecule has 0 unspecified atom stereocenters. The Balaban J connectivity index is 1.55. The molecule has 3 heterocycles. The fourth-order valence-corrected chi connectivity index (χ4v) is 4.18. The van der Waals surface area contributed by atoms with Crippen LogP contribution in [0.3, 0.4) is 0 Å². The molecule has 0 aliphatic heterocycles. The van der Waals surface area contributed by atoms with E-state index in [1.807, 2.05) is 59.2 Å². The number of carbonyl (C=O) groups excluding carboxylic acids is 2. The molecule has 0 atom stereocenters. The van der Waals surface area contributed by atoms with Gasteiger partial charge in [0, 0.05) is 42.7 Å². The lowest BCUT2D eigenvalue weighted by Gasteiger charge is -2.12. The van der Waals surface area contributed by atoms with Crippen LogP contribution >= 0.6 is 0 Å². The third-order valence-corrected chi connectivity index (χ3v) is 5.80. The van der Waals surface area contributed by atoms with Crippen molar-refractivity contribution in [3.05, 3.63) is 103 Å². The Morgan fingerprint density at radius 3 is 2.39 bits per heavy atom. The number of rotatable bonds is 9. The summed E-state index contributed by atoms with van der Waals surface area (Å²) in [6.07, 6.45) is 5.31. The van der Waals surface area contributed by atoms with E-state index in [0.29, 0.717) is 23.8 Å². The summed E-state index contributed by atoms with van der Waals surface area (Å²) in [6, 6.07) is 24.2. The Bertz CT molecular complexity index is 1530. The van der Waals surface area contributed by atoms with Crippen LogP contribution < -0.4 is 5.32 Å². The summed E-state index contributed by atoms with van der Waals surface area (Å²) < 4.78 is 1.82. The number of hydrogen-bond donors (Lipinski definition) is 1. The van der Waals surface area contributed by atoms with E-state index in [9.17, 15) is 9.59 Å². The van der Waals surface area contributed by atoms with Gasteiger partial charge in [0.2, 0.25) is 0 Å². The zero-order valence-corrected chi connectivity index (χ0v) is 19.9. The Morgan fingerprint density at radius 2 is 1.64 bits per heavy atom. The average molecular weight is 476 g/mol. The number of aromatic nitrogens is 4. The highest BCUT2D eigenvalue weighted by Gasteiger charge is 2.16. The molecular formula is C29H25N5O2. The van der Waals surface area contributed by atoms with E-state index in [1.165, 1.54) is 6.92 Å². The number of anilines is 1. The van der Waals surface area contributed by atoms with Gasteiger partial charge in [-0.1, -0.05) is 60.7 Å². The molecule has 5 aromatic rings. The molecule has 0 saturated carbocycles. The van der Waals surface area contributed by atoms with E-state index in [-0.39, 0.29) is 24.4 Å². The highest BCUT2D eigenvalue weighted by atomic mass is 16.1. The average Bonchev–Trinajstić information content (AvgIpc) is 3.32. The van der Waals surface area contributed by atoms with Gasteiger partial charge >= 0.3 is 0 Å². The van der Waals surface area contributed by atoms with Gasteiger partial charge in [-0.25, -0.2) is 9.50 Å². The van der Waals surface area contributed by atoms with Gasteiger partial charge in [0.25, 0.3) is 0 Å². The van der Waals surface area contributed by atoms with E-state index in [1.54, 1.807) is 12.4 Å². The first-order chi connectivity index (χ1) is 17.6. The first-order valence-corrected chi connectivity index (χ1v) is 11.7. The molecule has 7 heteroatoms. The Hall–Kier alpha value is -4.65. The zero-order chi connectivity index (χ0) is 24.9. The second kappa shape index (κ2) is 10.3. The van der Waals surface area contributed by atoms with E-state index >= 15 is 0 Å². The predicted molar refractivity (Wildman–Crippen MR) is 139 cm³/mol. The monoisotopic (exact) mass is 475 g/mol. The Kier molecular flexibility index (Phi) is 6.62. The Labute approximate surface area is 208 Å². The van der Waals surface area contributed by atoms with Crippen molar-refractivity contribution in [2.45, 2.75) is 26.3 Å². The lowest BCUT2D eigenvalue weighted by molar-refractivity contribution is -0.125. The maximum atomic E-state index is 12.2. The number of pyridine rings is 1. The molecule has 7 nitrogen and oxygen atoms in total. The fourth-order valence-electron chi connectivity index (χ4n) is 4.18. The van der Waals surface area contributed by atoms with Crippen molar-refractivity contribution >= 4 is 22.9 Å². The quantitative estimate of drug-likeness (QED) is 0.296. The number of hydrogen-bond acceptors (Lipinski definition) is 6. The molecule has 0 saturated heterocycles. The van der Waals surface area contributed by atoms with Crippen molar-refractivity contribution in [1.29, 1.82) is 0 Å². The molecule has 0 aliphatic rings. The van der Waals surface area contributed by atoms with Crippen molar-refractivity contribution in [1.82, 2.24) is 19.6 Å². The summed E-state index contributed by atoms with van der Waals surface area (Å²) in [4.78, 5) is 32.7. The van der Waals surface area contributed by atoms with Crippen LogP contribution in [0.5, 0.6) is 0 Å². The largest absolute Gasteiger partial charge is 0.364 e. The maximum absolute atomic E-state index is 12.2. The molecule has 2 aromatic carbocycles. The van der Waals surface area contributed by atoms with Gasteiger partial charge in [-0.05, 0) is 35.7 Å². The standard InChI is InChI=1S/C29H25N5O2/c1-20(35)14-25(36)16-22-15-24(19-30-17-22)28-32-29(31-18-21-8-4-2-5-9-21)27-26(12-13-34(27)33-28)23-10-6-3-7-11-23/h2-13,15,17,19H,14,16,18H2,1H3,(H,31,32,33). The van der Waals surface area contributed by atoms with Crippen molar-refractivity contribution in [3.63, 3.8) is 0 Å². The highest BCUT2D eigenvalue weighted by molar-refractivity contribution is 5.98. The molecule has 36 heavy (non-hydrogen) atoms. The summed E-state index contributed by atoms with van der Waals surface area (Å²) in [7, 11) is 0. The molecule has 0 radical (unpaired) electrons. The lowest BCUT2D eigenvalue weighted by Crippen LogP contribution is -2.09. The molecular weight excluding hydrogens is 450 g/mol. The summed E-state index contributed by atoms with van der Waals surface area (Å²) >= 11 is 0. The molecule has 0 fully saturated rings. The van der Waals surface area contributed by atoms with Crippen LogP contribution in [0.15, 0.2) is 91.4 Å². The van der Waals surface area contributed by atoms with Crippen molar-refractivity contribution < 1.29 is 9.59 Å². The highest BCUT2D eigenvalue weighted by Crippen LogP contribution is 2.31. The van der Waals surface area contributed by atoms with Crippen LogP contribution in [0, 0.1) is 0 Å². The fraction of sp³-hybridized carbons (Fsp3) is 0.138. The van der Waals surface area contributed by atoms with Crippen molar-refractivity contribution in [3.8, 4) is 22.5 Å². The molecule has 0 aliphatic carbocycles. The Morgan fingerprint density at radius 1 is 0.889 bits per heavy atom. The van der Waals surface area contributed by atoms with Gasteiger partial charge in [-0.15, -0.1) is 5.10 Å². The lowest BCUT2D eigenvalue weighted by atomic mass is 10.1. The van der Waals surface area contributed by atoms with Gasteiger partial charge in [0.05, 0.1) is 6.42 Å². The number of fused-ring (bicyclic) bond motifs is 1. The minimum atomic E-state index is -0.145. The summed E-state index contributed by atoms with van der Waals surface area (Å²) in [5.41, 5.74) is 5.53. The van der Waals surface area contributed by atoms with Gasteiger partial charge in [0.15, 0.2) is 11.6 Å². The van der Waals surface area contributed by atoms with Gasteiger partial charge in [0.1, 0.15) is 17.1 Å².